The Hall–Kier alpha value is -1.19. The third kappa shape index (κ3) is 2.53. The van der Waals surface area contributed by atoms with Gasteiger partial charge in [0.25, 0.3) is 0 Å². The normalized spacial score (nSPS) is 12.7. The van der Waals surface area contributed by atoms with Gasteiger partial charge in [-0.15, -0.1) is 21.5 Å². The van der Waals surface area contributed by atoms with Crippen molar-refractivity contribution in [2.75, 3.05) is 0 Å². The van der Waals surface area contributed by atoms with Crippen LogP contribution < -0.4 is 0 Å². The van der Waals surface area contributed by atoms with E-state index in [9.17, 15) is 8.78 Å². The van der Waals surface area contributed by atoms with Gasteiger partial charge in [0, 0.05) is 0 Å². The molecule has 3 aromatic heterocycles. The zero-order valence-electron chi connectivity index (χ0n) is 11.3. The van der Waals surface area contributed by atoms with E-state index >= 15 is 0 Å². The van der Waals surface area contributed by atoms with Crippen molar-refractivity contribution >= 4 is 39.2 Å². The molecule has 0 fully saturated rings. The van der Waals surface area contributed by atoms with Gasteiger partial charge in [0.05, 0.1) is 15.6 Å². The lowest BCUT2D eigenvalue weighted by Gasteiger charge is -2.03. The SMILES string of the molecule is Cc1nc(C(C)C)c(-c2nn3c(C(F)(F)Cl)nnc3s2)s1. The van der Waals surface area contributed by atoms with Crippen LogP contribution in [0.2, 0.25) is 0 Å². The summed E-state index contributed by atoms with van der Waals surface area (Å²) >= 11 is 7.69. The van der Waals surface area contributed by atoms with Gasteiger partial charge in [-0.25, -0.2) is 4.98 Å². The van der Waals surface area contributed by atoms with Crippen molar-refractivity contribution in [3.63, 3.8) is 0 Å². The molecule has 112 valence electrons. The van der Waals surface area contributed by atoms with E-state index in [4.69, 9.17) is 11.6 Å². The van der Waals surface area contributed by atoms with Crippen molar-refractivity contribution in [1.82, 2.24) is 24.8 Å². The molecule has 0 spiro atoms. The molecule has 0 radical (unpaired) electrons. The molecule has 3 aromatic rings. The zero-order valence-corrected chi connectivity index (χ0v) is 13.7. The largest absolute Gasteiger partial charge is 0.383 e. The first kappa shape index (κ1) is 14.7. The van der Waals surface area contributed by atoms with Crippen LogP contribution in [0.25, 0.3) is 14.8 Å². The van der Waals surface area contributed by atoms with E-state index in [1.807, 2.05) is 20.8 Å². The monoisotopic (exact) mass is 349 g/mol. The minimum absolute atomic E-state index is 0.216. The Morgan fingerprint density at radius 2 is 1.95 bits per heavy atom. The number of alkyl halides is 3. The molecular weight excluding hydrogens is 340 g/mol. The highest BCUT2D eigenvalue weighted by molar-refractivity contribution is 7.24. The van der Waals surface area contributed by atoms with Crippen LogP contribution in [0.5, 0.6) is 0 Å². The minimum Gasteiger partial charge on any atom is -0.246 e. The second-order valence-corrected chi connectivity index (χ2v) is 7.36. The predicted octanol–water partition coefficient (Wildman–Crippen LogP) is 4.03. The molecule has 0 aliphatic heterocycles. The maximum atomic E-state index is 13.2. The Morgan fingerprint density at radius 1 is 1.24 bits per heavy atom. The number of fused-ring (bicyclic) bond motifs is 1. The molecule has 0 saturated heterocycles. The second-order valence-electron chi connectivity index (χ2n) is 4.72. The van der Waals surface area contributed by atoms with Gasteiger partial charge >= 0.3 is 5.38 Å². The van der Waals surface area contributed by atoms with Crippen LogP contribution in [-0.2, 0) is 5.38 Å². The smallest absolute Gasteiger partial charge is 0.246 e. The van der Waals surface area contributed by atoms with Gasteiger partial charge in [-0.3, -0.25) is 0 Å². The highest BCUT2D eigenvalue weighted by Gasteiger charge is 2.36. The number of hydrogen-bond donors (Lipinski definition) is 0. The fraction of sp³-hybridized carbons (Fsp3) is 0.455. The van der Waals surface area contributed by atoms with Crippen molar-refractivity contribution in [2.24, 2.45) is 0 Å². The van der Waals surface area contributed by atoms with Crippen LogP contribution in [-0.4, -0.2) is 24.8 Å². The summed E-state index contributed by atoms with van der Waals surface area (Å²) in [6.45, 7) is 5.95. The quantitative estimate of drug-likeness (QED) is 0.670. The standard InChI is InChI=1S/C11H10ClF2N5S2/c1-4(2)6-7(20-5(3)15-6)8-18-19-9(11(12,13)14)16-17-10(19)21-8/h4H,1-3H3. The van der Waals surface area contributed by atoms with Gasteiger partial charge in [0.15, 0.2) is 5.01 Å². The van der Waals surface area contributed by atoms with Crippen LogP contribution in [0.3, 0.4) is 0 Å². The van der Waals surface area contributed by atoms with E-state index in [1.165, 1.54) is 22.7 Å². The number of aromatic nitrogens is 5. The third-order valence-electron chi connectivity index (χ3n) is 2.75. The number of rotatable bonds is 3. The summed E-state index contributed by atoms with van der Waals surface area (Å²) in [6.07, 6.45) is 0. The van der Waals surface area contributed by atoms with Crippen LogP contribution >= 0.6 is 34.3 Å². The molecule has 0 aromatic carbocycles. The first-order chi connectivity index (χ1) is 9.77. The van der Waals surface area contributed by atoms with Crippen molar-refractivity contribution in [2.45, 2.75) is 32.1 Å². The van der Waals surface area contributed by atoms with E-state index < -0.39 is 11.2 Å². The number of halogens is 3. The van der Waals surface area contributed by atoms with Crippen LogP contribution in [0.4, 0.5) is 8.78 Å². The molecule has 0 amide bonds. The van der Waals surface area contributed by atoms with Gasteiger partial charge in [-0.2, -0.15) is 18.4 Å². The fourth-order valence-corrected chi connectivity index (χ4v) is 3.98. The Bertz CT molecular complexity index is 801. The first-order valence-electron chi connectivity index (χ1n) is 6.04. The van der Waals surface area contributed by atoms with E-state index in [0.717, 1.165) is 20.1 Å². The molecular formula is C11H10ClF2N5S2. The lowest BCUT2D eigenvalue weighted by atomic mass is 10.1. The van der Waals surface area contributed by atoms with Crippen molar-refractivity contribution < 1.29 is 8.78 Å². The molecule has 10 heteroatoms. The summed E-state index contributed by atoms with van der Waals surface area (Å²) in [7, 11) is 0. The molecule has 0 saturated carbocycles. The predicted molar refractivity (Wildman–Crippen MR) is 78.3 cm³/mol. The molecule has 5 nitrogen and oxygen atoms in total. The number of aryl methyl sites for hydroxylation is 1. The van der Waals surface area contributed by atoms with E-state index in [1.54, 1.807) is 0 Å². The average molecular weight is 350 g/mol. The molecule has 3 rings (SSSR count). The maximum Gasteiger partial charge on any atom is 0.383 e. The summed E-state index contributed by atoms with van der Waals surface area (Å²) in [5, 5.41) is 9.17. The number of nitrogens with zero attached hydrogens (tertiary/aromatic N) is 5. The molecule has 0 unspecified atom stereocenters. The summed E-state index contributed by atoms with van der Waals surface area (Å²) in [4.78, 5) is 5.63. The second kappa shape index (κ2) is 4.92. The summed E-state index contributed by atoms with van der Waals surface area (Å²) < 4.78 is 27.5. The van der Waals surface area contributed by atoms with E-state index in [-0.39, 0.29) is 10.9 Å². The van der Waals surface area contributed by atoms with Gasteiger partial charge in [0.2, 0.25) is 10.8 Å². The fourth-order valence-electron chi connectivity index (χ4n) is 1.87. The minimum atomic E-state index is -3.60. The average Bonchev–Trinajstić information content (AvgIpc) is 2.97. The Kier molecular flexibility index (Phi) is 3.45. The third-order valence-corrected chi connectivity index (χ3v) is 4.95. The van der Waals surface area contributed by atoms with Crippen molar-refractivity contribution in [1.29, 1.82) is 0 Å². The van der Waals surface area contributed by atoms with Gasteiger partial charge in [-0.05, 0) is 24.4 Å². The Morgan fingerprint density at radius 3 is 2.57 bits per heavy atom. The molecule has 21 heavy (non-hydrogen) atoms. The molecule has 3 heterocycles. The van der Waals surface area contributed by atoms with Crippen LogP contribution in [0, 0.1) is 6.92 Å². The number of hydrogen-bond acceptors (Lipinski definition) is 6. The highest BCUT2D eigenvalue weighted by Crippen LogP contribution is 2.38. The molecule has 0 bridgehead atoms. The van der Waals surface area contributed by atoms with Gasteiger partial charge in [0.1, 0.15) is 0 Å². The Balaban J connectivity index is 2.16. The van der Waals surface area contributed by atoms with Crippen molar-refractivity contribution in [3.05, 3.63) is 16.5 Å². The summed E-state index contributed by atoms with van der Waals surface area (Å²) in [5.74, 6) is -0.456. The van der Waals surface area contributed by atoms with Crippen LogP contribution in [0.15, 0.2) is 0 Å². The maximum absolute atomic E-state index is 13.2. The topological polar surface area (TPSA) is 56.0 Å². The lowest BCUT2D eigenvalue weighted by Crippen LogP contribution is -2.10. The molecule has 0 N–H and O–H groups in total. The Labute approximate surface area is 131 Å². The van der Waals surface area contributed by atoms with E-state index in [0.29, 0.717) is 5.01 Å². The highest BCUT2D eigenvalue weighted by atomic mass is 35.5. The zero-order chi connectivity index (χ0) is 15.4. The van der Waals surface area contributed by atoms with Gasteiger partial charge < -0.3 is 0 Å². The molecule has 0 aliphatic carbocycles. The van der Waals surface area contributed by atoms with E-state index in [2.05, 4.69) is 20.3 Å². The summed E-state index contributed by atoms with van der Waals surface area (Å²) in [6, 6.07) is 0. The van der Waals surface area contributed by atoms with Crippen molar-refractivity contribution in [3.8, 4) is 9.88 Å². The van der Waals surface area contributed by atoms with Gasteiger partial charge in [-0.1, -0.05) is 25.2 Å². The molecule has 0 aliphatic rings. The lowest BCUT2D eigenvalue weighted by molar-refractivity contribution is 0.0821. The van der Waals surface area contributed by atoms with Crippen LogP contribution in [0.1, 0.15) is 36.3 Å². The molecule has 0 atom stereocenters. The summed E-state index contributed by atoms with van der Waals surface area (Å²) in [5.41, 5.74) is 0.904. The first-order valence-corrected chi connectivity index (χ1v) is 8.05. The number of thiazole rings is 1.